The summed E-state index contributed by atoms with van der Waals surface area (Å²) in [6, 6.07) is 0. The molecule has 5 aliphatic rings. The SMILES string of the molecule is CC1C=CC2=CC3=CCC4(C)C(O)CCC4C34CCC2(C1)O4. The van der Waals surface area contributed by atoms with Crippen molar-refractivity contribution in [2.45, 2.75) is 69.7 Å². The van der Waals surface area contributed by atoms with Crippen molar-refractivity contribution in [3.8, 4) is 0 Å². The van der Waals surface area contributed by atoms with Crippen LogP contribution in [0.1, 0.15) is 52.4 Å². The lowest BCUT2D eigenvalue weighted by Gasteiger charge is -2.53. The van der Waals surface area contributed by atoms with Crippen LogP contribution in [0.4, 0.5) is 0 Å². The lowest BCUT2D eigenvalue weighted by Crippen LogP contribution is -2.54. The van der Waals surface area contributed by atoms with E-state index >= 15 is 0 Å². The summed E-state index contributed by atoms with van der Waals surface area (Å²) in [6.45, 7) is 4.58. The van der Waals surface area contributed by atoms with E-state index in [2.05, 4.69) is 38.2 Å². The fraction of sp³-hybridized carbons (Fsp3) is 0.700. The molecule has 0 aromatic rings. The Hall–Kier alpha value is -0.860. The van der Waals surface area contributed by atoms with Crippen molar-refractivity contribution in [1.29, 1.82) is 0 Å². The van der Waals surface area contributed by atoms with Gasteiger partial charge in [0.15, 0.2) is 0 Å². The maximum atomic E-state index is 10.6. The monoisotopic (exact) mass is 298 g/mol. The summed E-state index contributed by atoms with van der Waals surface area (Å²) in [6.07, 6.45) is 15.7. The average molecular weight is 298 g/mol. The van der Waals surface area contributed by atoms with Crippen molar-refractivity contribution < 1.29 is 9.84 Å². The molecule has 0 aromatic carbocycles. The lowest BCUT2D eigenvalue weighted by atomic mass is 9.60. The predicted molar refractivity (Wildman–Crippen MR) is 86.3 cm³/mol. The first-order chi connectivity index (χ1) is 10.5. The van der Waals surface area contributed by atoms with Gasteiger partial charge in [0.2, 0.25) is 0 Å². The zero-order chi connectivity index (χ0) is 15.2. The van der Waals surface area contributed by atoms with Crippen LogP contribution in [0.25, 0.3) is 0 Å². The topological polar surface area (TPSA) is 29.5 Å². The molecule has 2 heteroatoms. The molecule has 6 unspecified atom stereocenters. The van der Waals surface area contributed by atoms with E-state index in [1.807, 2.05) is 0 Å². The van der Waals surface area contributed by atoms with Crippen LogP contribution in [0, 0.1) is 17.3 Å². The molecule has 0 aromatic heterocycles. The predicted octanol–water partition coefficient (Wildman–Crippen LogP) is 3.92. The standard InChI is InChI=1S/C20H26O2/c1-13-3-4-14-11-15-7-8-18(2)16(5-6-17(18)21)20(15)10-9-19(14,12-13)22-20/h3-4,7,11,13,16-17,21H,5-6,8-10,12H2,1-2H3. The van der Waals surface area contributed by atoms with Gasteiger partial charge in [-0.3, -0.25) is 0 Å². The highest BCUT2D eigenvalue weighted by molar-refractivity contribution is 5.51. The summed E-state index contributed by atoms with van der Waals surface area (Å²) in [5.41, 5.74) is 2.66. The van der Waals surface area contributed by atoms with Crippen LogP contribution in [0.15, 0.2) is 35.5 Å². The van der Waals surface area contributed by atoms with Crippen LogP contribution in [-0.4, -0.2) is 22.4 Å². The van der Waals surface area contributed by atoms with Crippen LogP contribution in [0.2, 0.25) is 0 Å². The molecule has 1 saturated carbocycles. The van der Waals surface area contributed by atoms with E-state index < -0.39 is 0 Å². The van der Waals surface area contributed by atoms with Gasteiger partial charge in [-0.2, -0.15) is 0 Å². The van der Waals surface area contributed by atoms with Gasteiger partial charge in [-0.05, 0) is 55.6 Å². The van der Waals surface area contributed by atoms with Crippen molar-refractivity contribution >= 4 is 0 Å². The molecule has 3 aliphatic carbocycles. The third kappa shape index (κ3) is 1.40. The second kappa shape index (κ2) is 3.96. The third-order valence-electron chi connectivity index (χ3n) is 7.47. The summed E-state index contributed by atoms with van der Waals surface area (Å²) < 4.78 is 6.98. The van der Waals surface area contributed by atoms with Gasteiger partial charge in [0.05, 0.1) is 17.3 Å². The first kappa shape index (κ1) is 13.6. The average Bonchev–Trinajstić information content (AvgIpc) is 2.95. The second-order valence-corrected chi connectivity index (χ2v) is 8.64. The number of fused-ring (bicyclic) bond motifs is 1. The molecular formula is C20H26O2. The maximum absolute atomic E-state index is 10.6. The Balaban J connectivity index is 1.67. The third-order valence-corrected chi connectivity index (χ3v) is 7.47. The number of rotatable bonds is 0. The van der Waals surface area contributed by atoms with Gasteiger partial charge >= 0.3 is 0 Å². The Kier molecular flexibility index (Phi) is 2.44. The molecule has 2 fully saturated rings. The Bertz CT molecular complexity index is 630. The highest BCUT2D eigenvalue weighted by Gasteiger charge is 2.65. The van der Waals surface area contributed by atoms with Gasteiger partial charge in [-0.15, -0.1) is 0 Å². The molecule has 2 nitrogen and oxygen atoms in total. The maximum Gasteiger partial charge on any atom is 0.0976 e. The molecule has 0 amide bonds. The normalized spacial score (nSPS) is 55.1. The van der Waals surface area contributed by atoms with Gasteiger partial charge in [-0.1, -0.05) is 38.2 Å². The van der Waals surface area contributed by atoms with E-state index in [0.29, 0.717) is 11.8 Å². The summed E-state index contributed by atoms with van der Waals surface area (Å²) >= 11 is 0. The first-order valence-corrected chi connectivity index (χ1v) is 8.98. The molecular weight excluding hydrogens is 272 g/mol. The Labute approximate surface area is 132 Å². The number of allylic oxidation sites excluding steroid dienone is 2. The quantitative estimate of drug-likeness (QED) is 0.734. The minimum Gasteiger partial charge on any atom is -0.393 e. The number of aliphatic hydroxyl groups excluding tert-OH is 1. The van der Waals surface area contributed by atoms with E-state index in [1.165, 1.54) is 11.1 Å². The van der Waals surface area contributed by atoms with Crippen molar-refractivity contribution in [1.82, 2.24) is 0 Å². The Morgan fingerprint density at radius 3 is 2.95 bits per heavy atom. The van der Waals surface area contributed by atoms with Crippen LogP contribution in [0.5, 0.6) is 0 Å². The molecule has 5 rings (SSSR count). The van der Waals surface area contributed by atoms with Gasteiger partial charge in [0.25, 0.3) is 0 Å². The van der Waals surface area contributed by atoms with Crippen LogP contribution in [-0.2, 0) is 4.74 Å². The molecule has 118 valence electrons. The molecule has 1 saturated heterocycles. The first-order valence-electron chi connectivity index (χ1n) is 8.98. The fourth-order valence-electron chi connectivity index (χ4n) is 6.25. The second-order valence-electron chi connectivity index (χ2n) is 8.64. The minimum atomic E-state index is -0.166. The highest BCUT2D eigenvalue weighted by atomic mass is 16.5. The number of ether oxygens (including phenoxy) is 1. The molecule has 2 spiro atoms. The number of hydrogen-bond donors (Lipinski definition) is 1. The van der Waals surface area contributed by atoms with Gasteiger partial charge in [0, 0.05) is 11.3 Å². The van der Waals surface area contributed by atoms with Crippen LogP contribution >= 0.6 is 0 Å². The summed E-state index contributed by atoms with van der Waals surface area (Å²) in [5, 5.41) is 10.6. The van der Waals surface area contributed by atoms with Gasteiger partial charge < -0.3 is 9.84 Å². The zero-order valence-corrected chi connectivity index (χ0v) is 13.6. The van der Waals surface area contributed by atoms with E-state index in [4.69, 9.17) is 4.74 Å². The molecule has 6 atom stereocenters. The van der Waals surface area contributed by atoms with Crippen molar-refractivity contribution in [2.75, 3.05) is 0 Å². The fourth-order valence-corrected chi connectivity index (χ4v) is 6.25. The highest BCUT2D eigenvalue weighted by Crippen LogP contribution is 2.66. The Morgan fingerprint density at radius 1 is 1.23 bits per heavy atom. The van der Waals surface area contributed by atoms with Crippen molar-refractivity contribution in [3.63, 3.8) is 0 Å². The molecule has 0 radical (unpaired) electrons. The van der Waals surface area contributed by atoms with Crippen LogP contribution in [0.3, 0.4) is 0 Å². The van der Waals surface area contributed by atoms with E-state index in [1.54, 1.807) is 0 Å². The molecule has 2 heterocycles. The number of hydrogen-bond acceptors (Lipinski definition) is 2. The largest absolute Gasteiger partial charge is 0.393 e. The molecule has 22 heavy (non-hydrogen) atoms. The van der Waals surface area contributed by atoms with E-state index in [0.717, 1.165) is 38.5 Å². The Morgan fingerprint density at radius 2 is 2.09 bits per heavy atom. The summed E-state index contributed by atoms with van der Waals surface area (Å²) in [7, 11) is 0. The summed E-state index contributed by atoms with van der Waals surface area (Å²) in [5.74, 6) is 1.08. The van der Waals surface area contributed by atoms with Crippen LogP contribution < -0.4 is 0 Å². The summed E-state index contributed by atoms with van der Waals surface area (Å²) in [4.78, 5) is 0. The molecule has 2 bridgehead atoms. The van der Waals surface area contributed by atoms with Crippen molar-refractivity contribution in [3.05, 3.63) is 35.5 Å². The van der Waals surface area contributed by atoms with Gasteiger partial charge in [0.1, 0.15) is 0 Å². The number of aliphatic hydroxyl groups is 1. The lowest BCUT2D eigenvalue weighted by molar-refractivity contribution is -0.139. The van der Waals surface area contributed by atoms with E-state index in [-0.39, 0.29) is 22.7 Å². The zero-order valence-electron chi connectivity index (χ0n) is 13.6. The van der Waals surface area contributed by atoms with E-state index in [9.17, 15) is 5.11 Å². The van der Waals surface area contributed by atoms with Crippen molar-refractivity contribution in [2.24, 2.45) is 17.3 Å². The molecule has 1 N–H and O–H groups in total. The van der Waals surface area contributed by atoms with Gasteiger partial charge in [-0.25, -0.2) is 0 Å². The molecule has 2 aliphatic heterocycles. The minimum absolute atomic E-state index is 0.0104. The smallest absolute Gasteiger partial charge is 0.0976 e.